The second kappa shape index (κ2) is 4.48. The van der Waals surface area contributed by atoms with Crippen molar-refractivity contribution < 1.29 is 23.1 Å². The van der Waals surface area contributed by atoms with E-state index in [9.17, 15) is 18.0 Å². The van der Waals surface area contributed by atoms with Gasteiger partial charge in [-0.3, -0.25) is 4.79 Å². The fourth-order valence-corrected chi connectivity index (χ4v) is 1.29. The molecule has 0 spiro atoms. The number of carbonyl (C=O) groups is 1. The van der Waals surface area contributed by atoms with Crippen LogP contribution in [0.5, 0.6) is 0 Å². The number of nitrogens with zero attached hydrogens (tertiary/aromatic N) is 1. The lowest BCUT2D eigenvalue weighted by molar-refractivity contribution is -0.136. The molecule has 0 saturated carbocycles. The molecule has 82 valence electrons. The number of halogens is 4. The molecule has 1 N–H and O–H groups in total. The van der Waals surface area contributed by atoms with Gasteiger partial charge in [-0.05, 0) is 0 Å². The number of hydrogen-bond acceptors (Lipinski definition) is 2. The van der Waals surface area contributed by atoms with Gasteiger partial charge in [-0.15, -0.1) is 0 Å². The van der Waals surface area contributed by atoms with Gasteiger partial charge in [0.2, 0.25) is 0 Å². The highest BCUT2D eigenvalue weighted by atomic mass is 35.5. The maximum absolute atomic E-state index is 12.9. The molecule has 0 aliphatic heterocycles. The first-order valence-corrected chi connectivity index (χ1v) is 4.14. The van der Waals surface area contributed by atoms with Gasteiger partial charge in [-0.25, -0.2) is 18.2 Å². The minimum atomic E-state index is -3.13. The van der Waals surface area contributed by atoms with Crippen LogP contribution >= 0.6 is 11.6 Å². The summed E-state index contributed by atoms with van der Waals surface area (Å²) >= 11 is 5.42. The highest BCUT2D eigenvalue weighted by molar-refractivity contribution is 6.30. The van der Waals surface area contributed by atoms with E-state index in [4.69, 9.17) is 16.7 Å². The first kappa shape index (κ1) is 11.8. The van der Waals surface area contributed by atoms with Crippen LogP contribution in [0.25, 0.3) is 0 Å². The number of aliphatic carboxylic acids is 1. The molecule has 0 amide bonds. The zero-order valence-electron chi connectivity index (χ0n) is 7.18. The van der Waals surface area contributed by atoms with Crippen LogP contribution in [0.2, 0.25) is 5.15 Å². The van der Waals surface area contributed by atoms with Crippen molar-refractivity contribution in [2.45, 2.75) is 12.8 Å². The second-order valence-corrected chi connectivity index (χ2v) is 3.02. The van der Waals surface area contributed by atoms with E-state index in [1.165, 1.54) is 0 Å². The van der Waals surface area contributed by atoms with Gasteiger partial charge in [0.25, 0.3) is 6.43 Å². The van der Waals surface area contributed by atoms with Crippen molar-refractivity contribution in [1.29, 1.82) is 0 Å². The second-order valence-electron chi connectivity index (χ2n) is 2.66. The summed E-state index contributed by atoms with van der Waals surface area (Å²) in [5.41, 5.74) is -1.49. The zero-order valence-corrected chi connectivity index (χ0v) is 7.93. The van der Waals surface area contributed by atoms with E-state index in [2.05, 4.69) is 4.98 Å². The number of alkyl halides is 2. The lowest BCUT2D eigenvalue weighted by Crippen LogP contribution is -2.08. The van der Waals surface area contributed by atoms with Crippen LogP contribution in [0.1, 0.15) is 17.6 Å². The summed E-state index contributed by atoms with van der Waals surface area (Å²) in [4.78, 5) is 13.6. The molecular weight excluding hydrogens is 235 g/mol. The minimum Gasteiger partial charge on any atom is -0.481 e. The molecular formula is C8H5ClF3NO2. The van der Waals surface area contributed by atoms with Gasteiger partial charge in [0, 0.05) is 5.56 Å². The lowest BCUT2D eigenvalue weighted by atomic mass is 10.1. The number of hydrogen-bond donors (Lipinski definition) is 1. The van der Waals surface area contributed by atoms with Crippen molar-refractivity contribution in [2.75, 3.05) is 0 Å². The summed E-state index contributed by atoms with van der Waals surface area (Å²) in [6.07, 6.45) is -3.38. The maximum atomic E-state index is 12.9. The molecule has 15 heavy (non-hydrogen) atoms. The maximum Gasteiger partial charge on any atom is 0.307 e. The Morgan fingerprint density at radius 1 is 1.60 bits per heavy atom. The van der Waals surface area contributed by atoms with Crippen molar-refractivity contribution >= 4 is 17.6 Å². The van der Waals surface area contributed by atoms with Crippen molar-refractivity contribution in [3.63, 3.8) is 0 Å². The van der Waals surface area contributed by atoms with E-state index in [0.717, 1.165) is 0 Å². The molecule has 0 aliphatic carbocycles. The number of rotatable bonds is 3. The Morgan fingerprint density at radius 3 is 2.67 bits per heavy atom. The Labute approximate surface area is 87.5 Å². The van der Waals surface area contributed by atoms with Gasteiger partial charge in [0.05, 0.1) is 18.2 Å². The Hall–Kier alpha value is -1.30. The summed E-state index contributed by atoms with van der Waals surface area (Å²) < 4.78 is 37.7. The van der Waals surface area contributed by atoms with Gasteiger partial charge in [0.1, 0.15) is 5.15 Å². The third-order valence-corrected chi connectivity index (χ3v) is 1.99. The zero-order chi connectivity index (χ0) is 11.6. The fraction of sp³-hybridized carbons (Fsp3) is 0.250. The molecule has 0 aliphatic rings. The molecule has 1 aromatic heterocycles. The van der Waals surface area contributed by atoms with Gasteiger partial charge in [0.15, 0.2) is 5.82 Å². The quantitative estimate of drug-likeness (QED) is 0.824. The molecule has 0 radical (unpaired) electrons. The largest absolute Gasteiger partial charge is 0.481 e. The van der Waals surface area contributed by atoms with Gasteiger partial charge >= 0.3 is 5.97 Å². The predicted molar refractivity (Wildman–Crippen MR) is 45.5 cm³/mol. The average molecular weight is 240 g/mol. The monoisotopic (exact) mass is 239 g/mol. The van der Waals surface area contributed by atoms with Crippen LogP contribution in [0.15, 0.2) is 6.20 Å². The Balaban J connectivity index is 3.31. The van der Waals surface area contributed by atoms with E-state index in [1.807, 2.05) is 0 Å². The molecule has 7 heteroatoms. The number of carboxylic acid groups (broad SMARTS) is 1. The van der Waals surface area contributed by atoms with Crippen LogP contribution in [-0.4, -0.2) is 16.1 Å². The lowest BCUT2D eigenvalue weighted by Gasteiger charge is -2.08. The average Bonchev–Trinajstić information content (AvgIpc) is 2.10. The van der Waals surface area contributed by atoms with Crippen LogP contribution in [0.4, 0.5) is 13.2 Å². The standard InChI is InChI=1S/C8H5ClF3NO2/c9-7-3(1-5(14)15)6(8(11)12)4(10)2-13-7/h2,8H,1H2,(H,14,15). The third-order valence-electron chi connectivity index (χ3n) is 1.67. The fourth-order valence-electron chi connectivity index (χ4n) is 1.07. The summed E-state index contributed by atoms with van der Waals surface area (Å²) in [5.74, 6) is -2.64. The summed E-state index contributed by atoms with van der Waals surface area (Å²) in [5, 5.41) is 8.01. The highest BCUT2D eigenvalue weighted by Crippen LogP contribution is 2.29. The van der Waals surface area contributed by atoms with Gasteiger partial charge in [-0.1, -0.05) is 11.6 Å². The molecule has 3 nitrogen and oxygen atoms in total. The van der Waals surface area contributed by atoms with Gasteiger partial charge in [-0.2, -0.15) is 0 Å². The van der Waals surface area contributed by atoms with E-state index >= 15 is 0 Å². The normalized spacial score (nSPS) is 10.7. The molecule has 1 aromatic rings. The van der Waals surface area contributed by atoms with E-state index < -0.39 is 40.9 Å². The molecule has 0 fully saturated rings. The first-order valence-electron chi connectivity index (χ1n) is 3.76. The molecule has 0 atom stereocenters. The SMILES string of the molecule is O=C(O)Cc1c(Cl)ncc(F)c1C(F)F. The van der Waals surface area contributed by atoms with Crippen LogP contribution in [0, 0.1) is 5.82 Å². The predicted octanol–water partition coefficient (Wildman–Crippen LogP) is 2.44. The number of carboxylic acids is 1. The van der Waals surface area contributed by atoms with Crippen LogP contribution < -0.4 is 0 Å². The van der Waals surface area contributed by atoms with Crippen LogP contribution in [-0.2, 0) is 11.2 Å². The summed E-state index contributed by atoms with van der Waals surface area (Å²) in [7, 11) is 0. The smallest absolute Gasteiger partial charge is 0.307 e. The summed E-state index contributed by atoms with van der Waals surface area (Å²) in [6, 6.07) is 0. The topological polar surface area (TPSA) is 50.2 Å². The van der Waals surface area contributed by atoms with E-state index in [1.54, 1.807) is 0 Å². The molecule has 0 aromatic carbocycles. The van der Waals surface area contributed by atoms with E-state index in [0.29, 0.717) is 6.20 Å². The summed E-state index contributed by atoms with van der Waals surface area (Å²) in [6.45, 7) is 0. The van der Waals surface area contributed by atoms with Crippen LogP contribution in [0.3, 0.4) is 0 Å². The Bertz CT molecular complexity index is 398. The van der Waals surface area contributed by atoms with Crippen molar-refractivity contribution in [3.05, 3.63) is 28.3 Å². The van der Waals surface area contributed by atoms with Gasteiger partial charge < -0.3 is 5.11 Å². The Kier molecular flexibility index (Phi) is 3.52. The third kappa shape index (κ3) is 2.59. The van der Waals surface area contributed by atoms with E-state index in [-0.39, 0.29) is 0 Å². The van der Waals surface area contributed by atoms with Crippen molar-refractivity contribution in [1.82, 2.24) is 4.98 Å². The van der Waals surface area contributed by atoms with Crippen molar-refractivity contribution in [3.8, 4) is 0 Å². The number of aromatic nitrogens is 1. The minimum absolute atomic E-state index is 0.422. The number of pyridine rings is 1. The molecule has 0 unspecified atom stereocenters. The van der Waals surface area contributed by atoms with Crippen molar-refractivity contribution in [2.24, 2.45) is 0 Å². The Morgan fingerprint density at radius 2 is 2.20 bits per heavy atom. The molecule has 0 bridgehead atoms. The highest BCUT2D eigenvalue weighted by Gasteiger charge is 2.23. The molecule has 1 rings (SSSR count). The first-order chi connectivity index (χ1) is 6.93. The molecule has 0 saturated heterocycles. The molecule has 1 heterocycles.